The highest BCUT2D eigenvalue weighted by Gasteiger charge is 2.13. The van der Waals surface area contributed by atoms with Gasteiger partial charge in [0, 0.05) is 30.3 Å². The number of rotatable bonds is 6. The zero-order valence-corrected chi connectivity index (χ0v) is 14.1. The third-order valence-corrected chi connectivity index (χ3v) is 4.20. The standard InChI is InChI=1S/C17H17FN2O3S/c1-10-3-7-16(24-10)15(22)6-8-17(23)20-14-9-12(19-11(2)21)4-5-13(14)18/h3-5,7,9H,6,8H2,1-2H3,(H,19,21)(H,20,23). The predicted octanol–water partition coefficient (Wildman–Crippen LogP) is 3.76. The maximum absolute atomic E-state index is 13.7. The molecular weight excluding hydrogens is 331 g/mol. The minimum atomic E-state index is -0.613. The van der Waals surface area contributed by atoms with Gasteiger partial charge in [-0.15, -0.1) is 11.3 Å². The Labute approximate surface area is 142 Å². The molecule has 0 aliphatic heterocycles. The maximum atomic E-state index is 13.7. The molecule has 0 fully saturated rings. The number of carbonyl (C=O) groups excluding carboxylic acids is 3. The van der Waals surface area contributed by atoms with Gasteiger partial charge in [0.05, 0.1) is 10.6 Å². The van der Waals surface area contributed by atoms with E-state index < -0.39 is 11.7 Å². The lowest BCUT2D eigenvalue weighted by Gasteiger charge is -2.09. The monoisotopic (exact) mass is 348 g/mol. The summed E-state index contributed by atoms with van der Waals surface area (Å²) in [6.45, 7) is 3.23. The fraction of sp³-hybridized carbons (Fsp3) is 0.235. The number of Topliss-reactive ketones (excluding diaryl/α,β-unsaturated/α-hetero) is 1. The van der Waals surface area contributed by atoms with Gasteiger partial charge in [-0.2, -0.15) is 0 Å². The highest BCUT2D eigenvalue weighted by molar-refractivity contribution is 7.14. The van der Waals surface area contributed by atoms with Gasteiger partial charge in [-0.25, -0.2) is 4.39 Å². The van der Waals surface area contributed by atoms with Crippen LogP contribution < -0.4 is 10.6 Å². The molecule has 1 aromatic heterocycles. The Kier molecular flexibility index (Phi) is 5.81. The second-order valence-corrected chi connectivity index (χ2v) is 6.55. The molecule has 0 saturated carbocycles. The first kappa shape index (κ1) is 17.8. The lowest BCUT2D eigenvalue weighted by Crippen LogP contribution is -2.15. The van der Waals surface area contributed by atoms with E-state index in [0.29, 0.717) is 10.6 Å². The average molecular weight is 348 g/mol. The van der Waals surface area contributed by atoms with Crippen LogP contribution >= 0.6 is 11.3 Å². The minimum Gasteiger partial charge on any atom is -0.326 e. The summed E-state index contributed by atoms with van der Waals surface area (Å²) in [7, 11) is 0. The van der Waals surface area contributed by atoms with Gasteiger partial charge in [0.15, 0.2) is 5.78 Å². The van der Waals surface area contributed by atoms with Crippen LogP contribution in [0.4, 0.5) is 15.8 Å². The summed E-state index contributed by atoms with van der Waals surface area (Å²) in [5, 5.41) is 4.93. The van der Waals surface area contributed by atoms with E-state index in [1.165, 1.54) is 30.4 Å². The van der Waals surface area contributed by atoms with Crippen LogP contribution in [0.5, 0.6) is 0 Å². The lowest BCUT2D eigenvalue weighted by molar-refractivity contribution is -0.116. The quantitative estimate of drug-likeness (QED) is 0.781. The molecule has 0 aliphatic carbocycles. The first-order valence-corrected chi connectivity index (χ1v) is 8.13. The molecule has 1 heterocycles. The van der Waals surface area contributed by atoms with Crippen molar-refractivity contribution in [2.45, 2.75) is 26.7 Å². The van der Waals surface area contributed by atoms with E-state index in [9.17, 15) is 18.8 Å². The van der Waals surface area contributed by atoms with Gasteiger partial charge in [-0.05, 0) is 37.3 Å². The third kappa shape index (κ3) is 4.99. The Morgan fingerprint density at radius 2 is 1.83 bits per heavy atom. The van der Waals surface area contributed by atoms with Crippen molar-refractivity contribution in [2.24, 2.45) is 0 Å². The smallest absolute Gasteiger partial charge is 0.224 e. The molecule has 2 N–H and O–H groups in total. The van der Waals surface area contributed by atoms with Crippen molar-refractivity contribution >= 4 is 40.3 Å². The summed E-state index contributed by atoms with van der Waals surface area (Å²) >= 11 is 1.38. The van der Waals surface area contributed by atoms with E-state index in [-0.39, 0.29) is 30.2 Å². The number of amides is 2. The molecule has 0 saturated heterocycles. The Hall–Kier alpha value is -2.54. The molecule has 0 spiro atoms. The van der Waals surface area contributed by atoms with Crippen LogP contribution in [0.3, 0.4) is 0 Å². The number of nitrogens with one attached hydrogen (secondary N) is 2. The number of ketones is 1. The zero-order valence-electron chi connectivity index (χ0n) is 13.3. The molecular formula is C17H17FN2O3S. The Bertz CT molecular complexity index is 786. The second kappa shape index (κ2) is 7.83. The summed E-state index contributed by atoms with van der Waals surface area (Å²) in [6.07, 6.45) is 0.0123. The molecule has 0 radical (unpaired) electrons. The van der Waals surface area contributed by atoms with Crippen LogP contribution in [0.25, 0.3) is 0 Å². The van der Waals surface area contributed by atoms with Crippen LogP contribution in [0.2, 0.25) is 0 Å². The molecule has 126 valence electrons. The summed E-state index contributed by atoms with van der Waals surface area (Å²) in [4.78, 5) is 36.5. The Balaban J connectivity index is 1.94. The van der Waals surface area contributed by atoms with Gasteiger partial charge in [-0.3, -0.25) is 14.4 Å². The maximum Gasteiger partial charge on any atom is 0.224 e. The number of hydrogen-bond donors (Lipinski definition) is 2. The summed E-state index contributed by atoms with van der Waals surface area (Å²) < 4.78 is 13.7. The van der Waals surface area contributed by atoms with Crippen molar-refractivity contribution in [2.75, 3.05) is 10.6 Å². The van der Waals surface area contributed by atoms with Gasteiger partial charge in [0.25, 0.3) is 0 Å². The van der Waals surface area contributed by atoms with E-state index in [1.807, 2.05) is 13.0 Å². The van der Waals surface area contributed by atoms with Crippen LogP contribution in [0, 0.1) is 12.7 Å². The highest BCUT2D eigenvalue weighted by Crippen LogP contribution is 2.21. The van der Waals surface area contributed by atoms with Crippen LogP contribution in [0.1, 0.15) is 34.3 Å². The van der Waals surface area contributed by atoms with Gasteiger partial charge < -0.3 is 10.6 Å². The van der Waals surface area contributed by atoms with Crippen molar-refractivity contribution in [1.82, 2.24) is 0 Å². The summed E-state index contributed by atoms with van der Waals surface area (Å²) in [5.41, 5.74) is 0.343. The second-order valence-electron chi connectivity index (χ2n) is 5.26. The SMILES string of the molecule is CC(=O)Nc1ccc(F)c(NC(=O)CCC(=O)c2ccc(C)s2)c1. The molecule has 1 aromatic carbocycles. The first-order valence-electron chi connectivity index (χ1n) is 7.32. The fourth-order valence-electron chi connectivity index (χ4n) is 2.05. The predicted molar refractivity (Wildman–Crippen MR) is 92.0 cm³/mol. The molecule has 0 aliphatic rings. The molecule has 5 nitrogen and oxygen atoms in total. The van der Waals surface area contributed by atoms with E-state index >= 15 is 0 Å². The van der Waals surface area contributed by atoms with Crippen molar-refractivity contribution in [3.63, 3.8) is 0 Å². The normalized spacial score (nSPS) is 10.3. The van der Waals surface area contributed by atoms with Gasteiger partial charge in [0.1, 0.15) is 5.82 Å². The van der Waals surface area contributed by atoms with Gasteiger partial charge >= 0.3 is 0 Å². The zero-order chi connectivity index (χ0) is 17.7. The number of benzene rings is 1. The van der Waals surface area contributed by atoms with E-state index in [0.717, 1.165) is 10.9 Å². The molecule has 24 heavy (non-hydrogen) atoms. The summed E-state index contributed by atoms with van der Waals surface area (Å²) in [5.74, 6) is -1.49. The molecule has 2 rings (SSSR count). The molecule has 2 aromatic rings. The molecule has 2 amide bonds. The van der Waals surface area contributed by atoms with Crippen molar-refractivity contribution in [1.29, 1.82) is 0 Å². The van der Waals surface area contributed by atoms with Crippen molar-refractivity contribution in [3.05, 3.63) is 45.9 Å². The topological polar surface area (TPSA) is 75.3 Å². The van der Waals surface area contributed by atoms with Crippen LogP contribution in [-0.4, -0.2) is 17.6 Å². The number of halogens is 1. The fourth-order valence-corrected chi connectivity index (χ4v) is 2.88. The number of anilines is 2. The van der Waals surface area contributed by atoms with E-state index in [1.54, 1.807) is 6.07 Å². The third-order valence-electron chi connectivity index (χ3n) is 3.16. The highest BCUT2D eigenvalue weighted by atomic mass is 32.1. The van der Waals surface area contributed by atoms with E-state index in [2.05, 4.69) is 10.6 Å². The van der Waals surface area contributed by atoms with Gasteiger partial charge in [0.2, 0.25) is 11.8 Å². The molecule has 0 unspecified atom stereocenters. The largest absolute Gasteiger partial charge is 0.326 e. The van der Waals surface area contributed by atoms with Crippen LogP contribution in [-0.2, 0) is 9.59 Å². The Morgan fingerprint density at radius 3 is 2.46 bits per heavy atom. The lowest BCUT2D eigenvalue weighted by atomic mass is 10.2. The molecule has 7 heteroatoms. The average Bonchev–Trinajstić information content (AvgIpc) is 2.94. The number of hydrogen-bond acceptors (Lipinski definition) is 4. The first-order chi connectivity index (χ1) is 11.3. The van der Waals surface area contributed by atoms with Crippen LogP contribution in [0.15, 0.2) is 30.3 Å². The number of thiophene rings is 1. The minimum absolute atomic E-state index is 0.0364. The molecule has 0 atom stereocenters. The Morgan fingerprint density at radius 1 is 1.08 bits per heavy atom. The molecule has 0 bridgehead atoms. The van der Waals surface area contributed by atoms with Gasteiger partial charge in [-0.1, -0.05) is 0 Å². The van der Waals surface area contributed by atoms with E-state index in [4.69, 9.17) is 0 Å². The van der Waals surface area contributed by atoms with Crippen molar-refractivity contribution in [3.8, 4) is 0 Å². The summed E-state index contributed by atoms with van der Waals surface area (Å²) in [6, 6.07) is 7.46. The van der Waals surface area contributed by atoms with Crippen molar-refractivity contribution < 1.29 is 18.8 Å². The number of carbonyl (C=O) groups is 3. The number of aryl methyl sites for hydroxylation is 1.